The second-order valence-electron chi connectivity index (χ2n) is 9.43. The van der Waals surface area contributed by atoms with E-state index in [2.05, 4.69) is 32.7 Å². The van der Waals surface area contributed by atoms with Crippen LogP contribution in [0.4, 0.5) is 4.79 Å². The number of H-pyrrole nitrogens is 1. The molecule has 3 aromatic rings. The summed E-state index contributed by atoms with van der Waals surface area (Å²) in [5.74, 6) is 0.589. The van der Waals surface area contributed by atoms with Gasteiger partial charge < -0.3 is 15.2 Å². The maximum Gasteiger partial charge on any atom is 0.317 e. The predicted octanol–water partition coefficient (Wildman–Crippen LogP) is 3.09. The van der Waals surface area contributed by atoms with E-state index >= 15 is 0 Å². The van der Waals surface area contributed by atoms with E-state index in [1.165, 1.54) is 24.8 Å². The molecule has 9 heteroatoms. The van der Waals surface area contributed by atoms with Gasteiger partial charge in [-0.1, -0.05) is 54.3 Å². The standard InChI is InChI=1S/C24H31N7O2/c1-16-9-11-17(12-10-16)14-31-22-20(28-29-31)23(32)27-21(26-22)18-6-5-13-30(15-18)24(33)25-19-7-3-2-4-8-19/h9-12,18-19H,2-8,13-15H2,1H3,(H,25,33)(H,26,27,32)/t18-/m0/s1. The van der Waals surface area contributed by atoms with Gasteiger partial charge in [0.25, 0.3) is 5.56 Å². The quantitative estimate of drug-likeness (QED) is 0.636. The number of likely N-dealkylation sites (tertiary alicyclic amines) is 1. The maximum atomic E-state index is 12.9. The van der Waals surface area contributed by atoms with Crippen molar-refractivity contribution in [3.05, 3.63) is 51.6 Å². The first-order valence-corrected chi connectivity index (χ1v) is 12.0. The number of carbonyl (C=O) groups is 1. The Morgan fingerprint density at radius 1 is 1.12 bits per heavy atom. The lowest BCUT2D eigenvalue weighted by atomic mass is 9.95. The van der Waals surface area contributed by atoms with E-state index < -0.39 is 0 Å². The zero-order chi connectivity index (χ0) is 22.8. The van der Waals surface area contributed by atoms with Crippen molar-refractivity contribution in [3.8, 4) is 0 Å². The number of aryl methyl sites for hydroxylation is 1. The van der Waals surface area contributed by atoms with Crippen LogP contribution >= 0.6 is 0 Å². The molecule has 1 aliphatic carbocycles. The average molecular weight is 450 g/mol. The van der Waals surface area contributed by atoms with Gasteiger partial charge in [-0.15, -0.1) is 5.10 Å². The van der Waals surface area contributed by atoms with Crippen LogP contribution in [0.2, 0.25) is 0 Å². The van der Waals surface area contributed by atoms with Crippen LogP contribution in [0.1, 0.15) is 67.8 Å². The highest BCUT2D eigenvalue weighted by Gasteiger charge is 2.28. The van der Waals surface area contributed by atoms with Crippen molar-refractivity contribution in [2.24, 2.45) is 0 Å². The zero-order valence-electron chi connectivity index (χ0n) is 19.1. The number of benzene rings is 1. The van der Waals surface area contributed by atoms with Gasteiger partial charge in [0.2, 0.25) is 0 Å². The van der Waals surface area contributed by atoms with Crippen molar-refractivity contribution in [2.75, 3.05) is 13.1 Å². The lowest BCUT2D eigenvalue weighted by Crippen LogP contribution is -2.48. The Hall–Kier alpha value is -3.23. The number of aromatic nitrogens is 5. The number of hydrogen-bond acceptors (Lipinski definition) is 5. The Bertz CT molecular complexity index is 1180. The van der Waals surface area contributed by atoms with Gasteiger partial charge in [0.1, 0.15) is 5.82 Å². The van der Waals surface area contributed by atoms with Gasteiger partial charge in [-0.2, -0.15) is 0 Å². The molecule has 1 saturated carbocycles. The maximum absolute atomic E-state index is 12.9. The van der Waals surface area contributed by atoms with Gasteiger partial charge in [0.05, 0.1) is 6.54 Å². The molecule has 2 amide bonds. The van der Waals surface area contributed by atoms with Gasteiger partial charge in [-0.25, -0.2) is 14.5 Å². The molecule has 33 heavy (non-hydrogen) atoms. The van der Waals surface area contributed by atoms with Gasteiger partial charge in [-0.05, 0) is 38.2 Å². The summed E-state index contributed by atoms with van der Waals surface area (Å²) in [4.78, 5) is 35.1. The molecule has 0 spiro atoms. The van der Waals surface area contributed by atoms with E-state index in [9.17, 15) is 9.59 Å². The first-order valence-electron chi connectivity index (χ1n) is 12.0. The number of piperidine rings is 1. The molecule has 1 aliphatic heterocycles. The fourth-order valence-corrected chi connectivity index (χ4v) is 4.95. The number of nitrogens with zero attached hydrogens (tertiary/aromatic N) is 5. The highest BCUT2D eigenvalue weighted by molar-refractivity contribution is 5.74. The lowest BCUT2D eigenvalue weighted by Gasteiger charge is -2.34. The fraction of sp³-hybridized carbons (Fsp3) is 0.542. The van der Waals surface area contributed by atoms with E-state index in [1.807, 2.05) is 24.0 Å². The zero-order valence-corrected chi connectivity index (χ0v) is 19.1. The molecule has 2 aromatic heterocycles. The van der Waals surface area contributed by atoms with Crippen molar-refractivity contribution in [1.29, 1.82) is 0 Å². The molecular weight excluding hydrogens is 418 g/mol. The monoisotopic (exact) mass is 449 g/mol. The molecule has 2 fully saturated rings. The van der Waals surface area contributed by atoms with Crippen molar-refractivity contribution < 1.29 is 4.79 Å². The van der Waals surface area contributed by atoms with Crippen LogP contribution in [0.3, 0.4) is 0 Å². The van der Waals surface area contributed by atoms with E-state index in [4.69, 9.17) is 4.98 Å². The van der Waals surface area contributed by atoms with Gasteiger partial charge in [0.15, 0.2) is 11.2 Å². The minimum atomic E-state index is -0.283. The summed E-state index contributed by atoms with van der Waals surface area (Å²) >= 11 is 0. The molecule has 1 saturated heterocycles. The number of aromatic amines is 1. The Balaban J connectivity index is 1.34. The Morgan fingerprint density at radius 2 is 1.91 bits per heavy atom. The molecule has 0 unspecified atom stereocenters. The van der Waals surface area contributed by atoms with Crippen LogP contribution in [0.15, 0.2) is 29.1 Å². The largest absolute Gasteiger partial charge is 0.335 e. The molecule has 2 aliphatic rings. The second-order valence-corrected chi connectivity index (χ2v) is 9.43. The highest BCUT2D eigenvalue weighted by Crippen LogP contribution is 2.25. The minimum Gasteiger partial charge on any atom is -0.335 e. The average Bonchev–Trinajstić information content (AvgIpc) is 3.24. The molecule has 174 valence electrons. The second kappa shape index (κ2) is 9.33. The van der Waals surface area contributed by atoms with Crippen LogP contribution in [0.25, 0.3) is 11.2 Å². The van der Waals surface area contributed by atoms with E-state index in [0.29, 0.717) is 24.6 Å². The summed E-state index contributed by atoms with van der Waals surface area (Å²) in [5.41, 5.74) is 2.70. The summed E-state index contributed by atoms with van der Waals surface area (Å²) in [6, 6.07) is 8.47. The Morgan fingerprint density at radius 3 is 2.70 bits per heavy atom. The smallest absolute Gasteiger partial charge is 0.317 e. The molecule has 9 nitrogen and oxygen atoms in total. The van der Waals surface area contributed by atoms with E-state index in [1.54, 1.807) is 4.68 Å². The number of nitrogens with one attached hydrogen (secondary N) is 2. The normalized spacial score (nSPS) is 19.7. The summed E-state index contributed by atoms with van der Waals surface area (Å²) in [6.07, 6.45) is 7.51. The van der Waals surface area contributed by atoms with E-state index in [-0.39, 0.29) is 29.1 Å². The van der Waals surface area contributed by atoms with Crippen LogP contribution in [0, 0.1) is 6.92 Å². The first kappa shape index (κ1) is 21.6. The predicted molar refractivity (Wildman–Crippen MR) is 125 cm³/mol. The number of rotatable bonds is 4. The third kappa shape index (κ3) is 4.77. The van der Waals surface area contributed by atoms with Crippen LogP contribution in [-0.4, -0.2) is 55.0 Å². The molecule has 0 bridgehead atoms. The van der Waals surface area contributed by atoms with Crippen LogP contribution in [-0.2, 0) is 6.54 Å². The summed E-state index contributed by atoms with van der Waals surface area (Å²) < 4.78 is 1.68. The van der Waals surface area contributed by atoms with Crippen molar-refractivity contribution in [2.45, 2.75) is 70.4 Å². The number of amides is 2. The SMILES string of the molecule is Cc1ccc(Cn2nnc3c(=O)[nH]c([C@H]4CCCN(C(=O)NC5CCCCC5)C4)nc32)cc1. The van der Waals surface area contributed by atoms with E-state index in [0.717, 1.165) is 37.8 Å². The third-order valence-electron chi connectivity index (χ3n) is 6.87. The first-order chi connectivity index (χ1) is 16.1. The third-order valence-corrected chi connectivity index (χ3v) is 6.87. The molecule has 1 aromatic carbocycles. The minimum absolute atomic E-state index is 0.00102. The summed E-state index contributed by atoms with van der Waals surface area (Å²) in [6.45, 7) is 3.82. The molecule has 2 N–H and O–H groups in total. The molecule has 3 heterocycles. The number of fused-ring (bicyclic) bond motifs is 1. The summed E-state index contributed by atoms with van der Waals surface area (Å²) in [7, 11) is 0. The van der Waals surface area contributed by atoms with Crippen molar-refractivity contribution in [1.82, 2.24) is 35.2 Å². The topological polar surface area (TPSA) is 109 Å². The molecule has 0 radical (unpaired) electrons. The van der Waals surface area contributed by atoms with Crippen molar-refractivity contribution in [3.63, 3.8) is 0 Å². The van der Waals surface area contributed by atoms with Crippen molar-refractivity contribution >= 4 is 17.2 Å². The summed E-state index contributed by atoms with van der Waals surface area (Å²) in [5, 5.41) is 11.4. The molecule has 5 rings (SSSR count). The molecular formula is C24H31N7O2. The Kier molecular flexibility index (Phi) is 6.11. The fourth-order valence-electron chi connectivity index (χ4n) is 4.95. The van der Waals surface area contributed by atoms with Gasteiger partial charge >= 0.3 is 6.03 Å². The van der Waals surface area contributed by atoms with Gasteiger partial charge in [-0.3, -0.25) is 4.79 Å². The Labute approximate surface area is 192 Å². The lowest BCUT2D eigenvalue weighted by molar-refractivity contribution is 0.171. The molecule has 1 atom stereocenters. The van der Waals surface area contributed by atoms with Crippen LogP contribution in [0.5, 0.6) is 0 Å². The van der Waals surface area contributed by atoms with Gasteiger partial charge in [0, 0.05) is 25.0 Å². The number of urea groups is 1. The number of carbonyl (C=O) groups excluding carboxylic acids is 1. The van der Waals surface area contributed by atoms with Crippen LogP contribution < -0.4 is 10.9 Å². The highest BCUT2D eigenvalue weighted by atomic mass is 16.2. The number of hydrogen-bond donors (Lipinski definition) is 2.